The van der Waals surface area contributed by atoms with Crippen LogP contribution in [0.2, 0.25) is 0 Å². The predicted molar refractivity (Wildman–Crippen MR) is 132 cm³/mol. The zero-order valence-electron chi connectivity index (χ0n) is 19.0. The highest BCUT2D eigenvalue weighted by atomic mass is 32.2. The molecule has 1 aromatic carbocycles. The highest BCUT2D eigenvalue weighted by molar-refractivity contribution is 7.90. The molecule has 35 heavy (non-hydrogen) atoms. The first-order valence-electron chi connectivity index (χ1n) is 11.3. The zero-order valence-corrected chi connectivity index (χ0v) is 20.6. The van der Waals surface area contributed by atoms with Crippen molar-refractivity contribution in [3.63, 3.8) is 0 Å². The molecule has 10 heteroatoms. The summed E-state index contributed by atoms with van der Waals surface area (Å²) in [5.74, 6) is -0.0720. The molecule has 1 fully saturated rings. The summed E-state index contributed by atoms with van der Waals surface area (Å²) in [6.07, 6.45) is 5.77. The van der Waals surface area contributed by atoms with Crippen LogP contribution < -0.4 is 0 Å². The van der Waals surface area contributed by atoms with Gasteiger partial charge in [-0.3, -0.25) is 4.79 Å². The molecule has 0 saturated heterocycles. The van der Waals surface area contributed by atoms with E-state index in [1.807, 2.05) is 6.07 Å². The second-order valence-corrected chi connectivity index (χ2v) is 11.0. The maximum atomic E-state index is 13.5. The molecule has 180 valence electrons. The normalized spacial score (nSPS) is 14.9. The summed E-state index contributed by atoms with van der Waals surface area (Å²) < 4.78 is 33.2. The molecule has 1 aliphatic carbocycles. The number of nitrogens with zero attached hydrogens (tertiary/aromatic N) is 3. The molecular formula is C25H23N3O5S2. The van der Waals surface area contributed by atoms with Gasteiger partial charge in [-0.15, -0.1) is 11.3 Å². The van der Waals surface area contributed by atoms with Crippen LogP contribution in [0.3, 0.4) is 0 Å². The molecular weight excluding hydrogens is 486 g/mol. The van der Waals surface area contributed by atoms with Crippen molar-refractivity contribution in [2.24, 2.45) is 0 Å². The van der Waals surface area contributed by atoms with E-state index in [4.69, 9.17) is 4.74 Å². The van der Waals surface area contributed by atoms with Crippen LogP contribution >= 0.6 is 11.3 Å². The van der Waals surface area contributed by atoms with Crippen molar-refractivity contribution < 1.29 is 22.7 Å². The summed E-state index contributed by atoms with van der Waals surface area (Å²) in [6, 6.07) is 10.1. The third-order valence-electron chi connectivity index (χ3n) is 6.18. The lowest BCUT2D eigenvalue weighted by Crippen LogP contribution is -2.13. The lowest BCUT2D eigenvalue weighted by Gasteiger charge is -2.21. The van der Waals surface area contributed by atoms with Gasteiger partial charge < -0.3 is 4.74 Å². The molecule has 0 radical (unpaired) electrons. The molecule has 0 aliphatic heterocycles. The van der Waals surface area contributed by atoms with Crippen molar-refractivity contribution in [2.75, 3.05) is 6.61 Å². The van der Waals surface area contributed by atoms with E-state index >= 15 is 0 Å². The molecule has 0 N–H and O–H groups in total. The first kappa shape index (κ1) is 23.4. The molecule has 0 bridgehead atoms. The number of rotatable bonds is 6. The van der Waals surface area contributed by atoms with Crippen LogP contribution in [-0.4, -0.2) is 40.7 Å². The number of carbonyl (C=O) groups is 2. The molecule has 5 rings (SSSR count). The number of pyridine rings is 1. The monoisotopic (exact) mass is 509 g/mol. The Morgan fingerprint density at radius 3 is 2.66 bits per heavy atom. The number of ether oxygens (including phenoxy) is 1. The van der Waals surface area contributed by atoms with E-state index in [2.05, 4.69) is 9.97 Å². The number of esters is 1. The molecule has 4 aromatic rings. The Morgan fingerprint density at radius 2 is 1.94 bits per heavy atom. The van der Waals surface area contributed by atoms with Gasteiger partial charge in [0.15, 0.2) is 5.65 Å². The van der Waals surface area contributed by atoms with Crippen LogP contribution in [-0.2, 0) is 19.6 Å². The summed E-state index contributed by atoms with van der Waals surface area (Å²) in [4.78, 5) is 33.0. The van der Waals surface area contributed by atoms with Gasteiger partial charge in [0.05, 0.1) is 17.2 Å². The number of benzene rings is 1. The van der Waals surface area contributed by atoms with E-state index in [9.17, 15) is 18.0 Å². The van der Waals surface area contributed by atoms with Crippen LogP contribution in [0.25, 0.3) is 22.3 Å². The quantitative estimate of drug-likeness (QED) is 0.344. The van der Waals surface area contributed by atoms with E-state index in [0.29, 0.717) is 29.5 Å². The molecule has 8 nitrogen and oxygen atoms in total. The molecule has 0 unspecified atom stereocenters. The smallest absolute Gasteiger partial charge is 0.367 e. The highest BCUT2D eigenvalue weighted by Crippen LogP contribution is 2.37. The van der Waals surface area contributed by atoms with Gasteiger partial charge in [0, 0.05) is 41.6 Å². The third-order valence-corrected chi connectivity index (χ3v) is 8.66. The number of hydrogen-bond donors (Lipinski definition) is 0. The van der Waals surface area contributed by atoms with Crippen molar-refractivity contribution in [1.82, 2.24) is 13.9 Å². The molecule has 0 atom stereocenters. The number of carbonyl (C=O) groups excluding carboxylic acids is 2. The van der Waals surface area contributed by atoms with Crippen LogP contribution in [0.5, 0.6) is 0 Å². The van der Waals surface area contributed by atoms with Gasteiger partial charge in [-0.05, 0) is 49.4 Å². The number of Topliss-reactive ketones (excluding diaryl/α,β-unsaturated/α-hetero) is 1. The summed E-state index contributed by atoms with van der Waals surface area (Å²) in [5.41, 5.74) is 2.28. The molecule has 1 aliphatic rings. The van der Waals surface area contributed by atoms with E-state index in [-0.39, 0.29) is 33.9 Å². The second kappa shape index (κ2) is 9.35. The molecule has 0 spiro atoms. The molecule has 0 amide bonds. The highest BCUT2D eigenvalue weighted by Gasteiger charge is 2.26. The Hall–Kier alpha value is -3.37. The summed E-state index contributed by atoms with van der Waals surface area (Å²) in [6.45, 7) is 1.96. The fraction of sp³-hybridized carbons (Fsp3) is 0.280. The van der Waals surface area contributed by atoms with E-state index in [0.717, 1.165) is 29.7 Å². The van der Waals surface area contributed by atoms with Gasteiger partial charge in [0.25, 0.3) is 10.0 Å². The van der Waals surface area contributed by atoms with Gasteiger partial charge >= 0.3 is 5.97 Å². The SMILES string of the molecule is CCOC(=O)c1nc(-c2cn(S(=O)(=O)c3ccccc3)c3ncc(C4CCC(=O)CC4)cc23)cs1. The van der Waals surface area contributed by atoms with Crippen molar-refractivity contribution in [3.8, 4) is 11.3 Å². The Labute approximate surface area is 206 Å². The van der Waals surface area contributed by atoms with Gasteiger partial charge in [-0.2, -0.15) is 0 Å². The summed E-state index contributed by atoms with van der Waals surface area (Å²) in [7, 11) is -3.92. The maximum Gasteiger partial charge on any atom is 0.367 e. The van der Waals surface area contributed by atoms with Crippen LogP contribution in [0.4, 0.5) is 0 Å². The average Bonchev–Trinajstić information content (AvgIpc) is 3.50. The minimum Gasteiger partial charge on any atom is -0.461 e. The molecule has 3 aromatic heterocycles. The van der Waals surface area contributed by atoms with Crippen molar-refractivity contribution in [3.05, 3.63) is 64.7 Å². The number of ketones is 1. The van der Waals surface area contributed by atoms with Gasteiger partial charge in [-0.25, -0.2) is 27.2 Å². The van der Waals surface area contributed by atoms with Crippen LogP contribution in [0.15, 0.2) is 59.1 Å². The zero-order chi connectivity index (χ0) is 24.6. The standard InChI is InChI=1S/C25H23N3O5S2/c1-2-33-25(30)24-27-22(15-34-24)21-14-28(35(31,32)19-6-4-3-5-7-19)23-20(21)12-17(13-26-23)16-8-10-18(29)11-9-16/h3-7,12-16H,2,8-11H2,1H3. The number of aromatic nitrogens is 3. The van der Waals surface area contributed by atoms with E-state index in [1.165, 1.54) is 22.3 Å². The summed E-state index contributed by atoms with van der Waals surface area (Å²) in [5, 5.41) is 2.54. The fourth-order valence-corrected chi connectivity index (χ4v) is 6.42. The topological polar surface area (TPSA) is 108 Å². The minimum absolute atomic E-state index is 0.144. The van der Waals surface area contributed by atoms with Crippen LogP contribution in [0, 0.1) is 0 Å². The predicted octanol–water partition coefficient (Wildman–Crippen LogP) is 4.80. The maximum absolute atomic E-state index is 13.5. The Kier molecular flexibility index (Phi) is 6.24. The van der Waals surface area contributed by atoms with Crippen molar-refractivity contribution in [1.29, 1.82) is 0 Å². The first-order chi connectivity index (χ1) is 16.9. The molecule has 3 heterocycles. The number of hydrogen-bond acceptors (Lipinski definition) is 8. The average molecular weight is 510 g/mol. The first-order valence-corrected chi connectivity index (χ1v) is 13.7. The van der Waals surface area contributed by atoms with Gasteiger partial charge in [0.2, 0.25) is 5.01 Å². The Bertz CT molecular complexity index is 1510. The van der Waals surface area contributed by atoms with Gasteiger partial charge in [0.1, 0.15) is 5.78 Å². The van der Waals surface area contributed by atoms with E-state index < -0.39 is 16.0 Å². The van der Waals surface area contributed by atoms with Gasteiger partial charge in [-0.1, -0.05) is 18.2 Å². The lowest BCUT2D eigenvalue weighted by molar-refractivity contribution is -0.120. The molecule has 1 saturated carbocycles. The Balaban J connectivity index is 1.66. The minimum atomic E-state index is -3.92. The largest absolute Gasteiger partial charge is 0.461 e. The van der Waals surface area contributed by atoms with E-state index in [1.54, 1.807) is 36.7 Å². The number of thiazole rings is 1. The number of fused-ring (bicyclic) bond motifs is 1. The van der Waals surface area contributed by atoms with Crippen molar-refractivity contribution in [2.45, 2.75) is 43.4 Å². The second-order valence-electron chi connectivity index (χ2n) is 8.37. The Morgan fingerprint density at radius 1 is 1.20 bits per heavy atom. The van der Waals surface area contributed by atoms with Crippen molar-refractivity contribution >= 4 is 44.1 Å². The fourth-order valence-electron chi connectivity index (χ4n) is 4.37. The lowest BCUT2D eigenvalue weighted by atomic mass is 9.84. The summed E-state index contributed by atoms with van der Waals surface area (Å²) >= 11 is 1.14. The van der Waals surface area contributed by atoms with Crippen LogP contribution in [0.1, 0.15) is 53.9 Å². The third kappa shape index (κ3) is 4.39.